The van der Waals surface area contributed by atoms with Crippen LogP contribution in [-0.4, -0.2) is 46.7 Å². The number of rotatable bonds is 8. The molecule has 0 unspecified atom stereocenters. The molecule has 1 aromatic heterocycles. The van der Waals surface area contributed by atoms with Gasteiger partial charge in [-0.05, 0) is 0 Å². The van der Waals surface area contributed by atoms with Crippen LogP contribution in [-0.2, 0) is 5.75 Å². The van der Waals surface area contributed by atoms with Gasteiger partial charge < -0.3 is 22.5 Å². The van der Waals surface area contributed by atoms with E-state index < -0.39 is 0 Å². The van der Waals surface area contributed by atoms with Crippen LogP contribution in [0, 0.1) is 11.5 Å². The first-order valence-corrected chi connectivity index (χ1v) is 8.22. The number of nitrogens with one attached hydrogen (secondary N) is 2. The molecule has 1 aromatic rings. The molecule has 0 aliphatic carbocycles. The van der Waals surface area contributed by atoms with Crippen LogP contribution < -0.4 is 27.8 Å². The van der Waals surface area contributed by atoms with Crippen LogP contribution in [0.1, 0.15) is 5.82 Å². The summed E-state index contributed by atoms with van der Waals surface area (Å²) in [6.07, 6.45) is 1.82. The molecule has 12 heteroatoms. The number of aliphatic imine (C=N–C) groups is 2. The summed E-state index contributed by atoms with van der Waals surface area (Å²) in [6, 6.07) is 0. The highest BCUT2D eigenvalue weighted by atomic mass is 32.2. The fourth-order valence-corrected chi connectivity index (χ4v) is 2.60. The summed E-state index contributed by atoms with van der Waals surface area (Å²) in [6.45, 7) is 1.54. The van der Waals surface area contributed by atoms with E-state index in [1.165, 1.54) is 0 Å². The highest BCUT2D eigenvalue weighted by Gasteiger charge is 2.03. The molecule has 10 nitrogen and oxygen atoms in total. The molecule has 120 valence electrons. The van der Waals surface area contributed by atoms with Crippen LogP contribution in [0.4, 0.5) is 5.13 Å². The summed E-state index contributed by atoms with van der Waals surface area (Å²) in [4.78, 5) is 12.1. The molecule has 1 heterocycles. The van der Waals surface area contributed by atoms with E-state index in [4.69, 9.17) is 22.5 Å². The van der Waals surface area contributed by atoms with Crippen LogP contribution in [0.5, 0.6) is 0 Å². The fraction of sp³-hybridized carbons (Fsp3) is 0.500. The number of nitrogens with zero attached hydrogens (tertiary/aromatic N) is 5. The third-order valence-corrected chi connectivity index (χ3v) is 3.63. The first kappa shape index (κ1) is 18.0. The van der Waals surface area contributed by atoms with E-state index in [2.05, 4.69) is 30.0 Å². The Morgan fingerprint density at radius 2 is 2.27 bits per heavy atom. The molecule has 0 saturated heterocycles. The number of guanidine groups is 2. The minimum absolute atomic E-state index is 0.0335. The van der Waals surface area contributed by atoms with Gasteiger partial charge in [-0.1, -0.05) is 0 Å². The first-order valence-electron chi connectivity index (χ1n) is 6.29. The van der Waals surface area contributed by atoms with Crippen molar-refractivity contribution in [2.45, 2.75) is 5.75 Å². The smallest absolute Gasteiger partial charge is 0.232 e. The number of thioether (sulfide) groups is 1. The molecule has 22 heavy (non-hydrogen) atoms. The standard InChI is InChI=1S/C10H18N10S2/c11-1-2-15-9(17-6-12)16-3-4-21-5-7-18-10(22-20-7)19-8(13)14/h1-5,11H2,(H2,15,16,17)(H4,13,14,18,19,20). The van der Waals surface area contributed by atoms with Crippen molar-refractivity contribution in [2.24, 2.45) is 27.2 Å². The van der Waals surface area contributed by atoms with Gasteiger partial charge in [-0.15, -0.1) is 0 Å². The second-order valence-electron chi connectivity index (χ2n) is 3.77. The van der Waals surface area contributed by atoms with Gasteiger partial charge in [0.2, 0.25) is 11.1 Å². The van der Waals surface area contributed by atoms with Crippen molar-refractivity contribution in [2.75, 3.05) is 25.4 Å². The van der Waals surface area contributed by atoms with E-state index in [0.29, 0.717) is 42.3 Å². The lowest BCUT2D eigenvalue weighted by atomic mass is 10.6. The normalized spacial score (nSPS) is 10.8. The number of nitriles is 1. The first-order chi connectivity index (χ1) is 10.7. The summed E-state index contributed by atoms with van der Waals surface area (Å²) < 4.78 is 4.15. The number of nitrogens with two attached hydrogens (primary N) is 3. The van der Waals surface area contributed by atoms with Gasteiger partial charge in [-0.2, -0.15) is 26.4 Å². The molecule has 0 aliphatic rings. The maximum atomic E-state index is 8.59. The number of hydrogen-bond acceptors (Lipinski definition) is 8. The zero-order chi connectivity index (χ0) is 16.2. The molecule has 0 aliphatic heterocycles. The van der Waals surface area contributed by atoms with Crippen molar-refractivity contribution >= 4 is 40.3 Å². The average Bonchev–Trinajstić information content (AvgIpc) is 2.90. The topological polar surface area (TPSA) is 176 Å². The summed E-state index contributed by atoms with van der Waals surface area (Å²) in [5.41, 5.74) is 15.9. The summed E-state index contributed by atoms with van der Waals surface area (Å²) >= 11 is 2.79. The highest BCUT2D eigenvalue weighted by Crippen LogP contribution is 2.17. The molecule has 0 bridgehead atoms. The minimum Gasteiger partial charge on any atom is -0.370 e. The average molecular weight is 342 g/mol. The Bertz CT molecular complexity index is 542. The van der Waals surface area contributed by atoms with Crippen molar-refractivity contribution in [3.05, 3.63) is 5.82 Å². The van der Waals surface area contributed by atoms with Crippen molar-refractivity contribution < 1.29 is 0 Å². The molecular weight excluding hydrogens is 324 g/mol. The SMILES string of the molecule is N#CNC(=NCCN)NCCSCc1nsc(N=C(N)N)n1. The van der Waals surface area contributed by atoms with Gasteiger partial charge in [0.25, 0.3) is 0 Å². The van der Waals surface area contributed by atoms with Crippen LogP contribution in [0.2, 0.25) is 0 Å². The quantitative estimate of drug-likeness (QED) is 0.126. The fourth-order valence-electron chi connectivity index (χ4n) is 1.23. The molecule has 0 amide bonds. The van der Waals surface area contributed by atoms with Gasteiger partial charge in [0.05, 0.1) is 12.3 Å². The lowest BCUT2D eigenvalue weighted by Crippen LogP contribution is -2.36. The van der Waals surface area contributed by atoms with Crippen molar-refractivity contribution in [3.63, 3.8) is 0 Å². The Morgan fingerprint density at radius 3 is 2.95 bits per heavy atom. The second-order valence-corrected chi connectivity index (χ2v) is 5.60. The van der Waals surface area contributed by atoms with Crippen molar-refractivity contribution in [1.29, 1.82) is 5.26 Å². The van der Waals surface area contributed by atoms with E-state index >= 15 is 0 Å². The zero-order valence-corrected chi connectivity index (χ0v) is 13.5. The van der Waals surface area contributed by atoms with Gasteiger partial charge >= 0.3 is 0 Å². The molecular formula is C10H18N10S2. The summed E-state index contributed by atoms with van der Waals surface area (Å²) in [5, 5.41) is 14.5. The lowest BCUT2D eigenvalue weighted by Gasteiger charge is -2.06. The number of hydrogen-bond donors (Lipinski definition) is 5. The molecule has 0 aromatic carbocycles. The largest absolute Gasteiger partial charge is 0.370 e. The Hall–Kier alpha value is -2.10. The van der Waals surface area contributed by atoms with Crippen LogP contribution in [0.25, 0.3) is 0 Å². The van der Waals surface area contributed by atoms with Crippen LogP contribution >= 0.6 is 23.3 Å². The summed E-state index contributed by atoms with van der Waals surface area (Å²) in [7, 11) is 0. The van der Waals surface area contributed by atoms with Crippen molar-refractivity contribution in [1.82, 2.24) is 20.0 Å². The van der Waals surface area contributed by atoms with Crippen LogP contribution in [0.15, 0.2) is 9.98 Å². The van der Waals surface area contributed by atoms with E-state index in [-0.39, 0.29) is 5.96 Å². The second kappa shape index (κ2) is 10.6. The molecule has 0 saturated carbocycles. The molecule has 0 atom stereocenters. The van der Waals surface area contributed by atoms with Gasteiger partial charge in [-0.25, -0.2) is 4.98 Å². The van der Waals surface area contributed by atoms with Gasteiger partial charge in [0.1, 0.15) is 0 Å². The predicted molar refractivity (Wildman–Crippen MR) is 89.6 cm³/mol. The van der Waals surface area contributed by atoms with E-state index in [1.54, 1.807) is 11.8 Å². The molecule has 1 rings (SSSR count). The Kier molecular flexibility index (Phi) is 8.65. The lowest BCUT2D eigenvalue weighted by molar-refractivity contribution is 0.892. The van der Waals surface area contributed by atoms with E-state index in [9.17, 15) is 0 Å². The minimum atomic E-state index is -0.0335. The Morgan fingerprint density at radius 1 is 1.45 bits per heavy atom. The monoisotopic (exact) mass is 342 g/mol. The third kappa shape index (κ3) is 7.62. The maximum absolute atomic E-state index is 8.59. The molecule has 8 N–H and O–H groups in total. The maximum Gasteiger partial charge on any atom is 0.232 e. The molecule has 0 radical (unpaired) electrons. The summed E-state index contributed by atoms with van der Waals surface area (Å²) in [5.74, 6) is 2.52. The highest BCUT2D eigenvalue weighted by molar-refractivity contribution is 7.98. The van der Waals surface area contributed by atoms with Crippen LogP contribution in [0.3, 0.4) is 0 Å². The van der Waals surface area contributed by atoms with Gasteiger partial charge in [0, 0.05) is 30.4 Å². The third-order valence-electron chi connectivity index (χ3n) is 2.03. The molecule has 0 fully saturated rings. The van der Waals surface area contributed by atoms with E-state index in [1.807, 2.05) is 6.19 Å². The van der Waals surface area contributed by atoms with Gasteiger partial charge in [0.15, 0.2) is 18.0 Å². The molecule has 0 spiro atoms. The van der Waals surface area contributed by atoms with Crippen molar-refractivity contribution in [3.8, 4) is 6.19 Å². The predicted octanol–water partition coefficient (Wildman–Crippen LogP) is -1.35. The zero-order valence-electron chi connectivity index (χ0n) is 11.8. The Labute approximate surface area is 136 Å². The van der Waals surface area contributed by atoms with E-state index in [0.717, 1.165) is 17.3 Å². The van der Waals surface area contributed by atoms with Gasteiger partial charge in [-0.3, -0.25) is 10.3 Å². The number of aromatic nitrogens is 2. The Balaban J connectivity index is 2.26.